The Bertz CT molecular complexity index is 330. The maximum absolute atomic E-state index is 5.79. The highest BCUT2D eigenvalue weighted by Crippen LogP contribution is 2.35. The van der Waals surface area contributed by atoms with E-state index in [1.54, 1.807) is 0 Å². The van der Waals surface area contributed by atoms with Gasteiger partial charge in [0.1, 0.15) is 0 Å². The van der Waals surface area contributed by atoms with Gasteiger partial charge in [-0.3, -0.25) is 0 Å². The molecule has 0 radical (unpaired) electrons. The van der Waals surface area contributed by atoms with Crippen LogP contribution in [0.2, 0.25) is 0 Å². The lowest BCUT2D eigenvalue weighted by atomic mass is 9.89. The third-order valence-electron chi connectivity index (χ3n) is 2.80. The van der Waals surface area contributed by atoms with Crippen LogP contribution in [-0.4, -0.2) is 6.61 Å². The van der Waals surface area contributed by atoms with E-state index < -0.39 is 0 Å². The molecular weight excluding hydrogens is 172 g/mol. The first kappa shape index (κ1) is 9.47. The molecular formula is C13H16O. The Hall–Kier alpha value is -1.08. The molecule has 0 amide bonds. The summed E-state index contributed by atoms with van der Waals surface area (Å²) >= 11 is 0. The number of fused-ring (bicyclic) bond motifs is 1. The summed E-state index contributed by atoms with van der Waals surface area (Å²) in [6.07, 6.45) is 3.06. The Balaban J connectivity index is 2.36. The average molecular weight is 188 g/mol. The smallest absolute Gasteiger partial charge is 0.0862 e. The summed E-state index contributed by atoms with van der Waals surface area (Å²) in [5.74, 6) is 0.521. The zero-order valence-electron chi connectivity index (χ0n) is 8.57. The first-order chi connectivity index (χ1) is 6.83. The Morgan fingerprint density at radius 3 is 2.86 bits per heavy atom. The molecule has 0 bridgehead atoms. The standard InChI is InChI=1S/C13H16O/c1-3-6-13-12-8-5-4-7-11(12)10(2)9-14-13/h3-5,7-8,10,13H,1,6,9H2,2H3. The summed E-state index contributed by atoms with van der Waals surface area (Å²) in [7, 11) is 0. The molecule has 2 atom stereocenters. The van der Waals surface area contributed by atoms with Crippen molar-refractivity contribution in [3.05, 3.63) is 48.0 Å². The predicted molar refractivity (Wildman–Crippen MR) is 58.4 cm³/mol. The van der Waals surface area contributed by atoms with E-state index in [0.29, 0.717) is 5.92 Å². The molecule has 14 heavy (non-hydrogen) atoms. The van der Waals surface area contributed by atoms with Gasteiger partial charge in [0.25, 0.3) is 0 Å². The van der Waals surface area contributed by atoms with E-state index in [4.69, 9.17) is 4.74 Å². The molecule has 1 aliphatic rings. The molecule has 74 valence electrons. The third-order valence-corrected chi connectivity index (χ3v) is 2.80. The molecule has 1 aromatic carbocycles. The fraction of sp³-hybridized carbons (Fsp3) is 0.385. The molecule has 1 heteroatoms. The van der Waals surface area contributed by atoms with E-state index in [1.807, 2.05) is 6.08 Å². The minimum absolute atomic E-state index is 0.222. The van der Waals surface area contributed by atoms with E-state index in [-0.39, 0.29) is 6.10 Å². The van der Waals surface area contributed by atoms with E-state index in [2.05, 4.69) is 37.8 Å². The second-order valence-electron chi connectivity index (χ2n) is 3.88. The monoisotopic (exact) mass is 188 g/mol. The predicted octanol–water partition coefficient (Wildman–Crippen LogP) is 3.44. The van der Waals surface area contributed by atoms with Gasteiger partial charge in [-0.05, 0) is 17.5 Å². The SMILES string of the molecule is C=CCC1OCC(C)c2ccccc21. The maximum Gasteiger partial charge on any atom is 0.0862 e. The van der Waals surface area contributed by atoms with Gasteiger partial charge in [-0.1, -0.05) is 37.3 Å². The highest BCUT2D eigenvalue weighted by molar-refractivity contribution is 5.33. The second-order valence-corrected chi connectivity index (χ2v) is 3.88. The highest BCUT2D eigenvalue weighted by atomic mass is 16.5. The lowest BCUT2D eigenvalue weighted by Gasteiger charge is -2.29. The molecule has 2 rings (SSSR count). The van der Waals surface area contributed by atoms with Crippen LogP contribution in [0.4, 0.5) is 0 Å². The number of ether oxygens (including phenoxy) is 1. The minimum Gasteiger partial charge on any atom is -0.373 e. The average Bonchev–Trinajstić information content (AvgIpc) is 2.23. The highest BCUT2D eigenvalue weighted by Gasteiger charge is 2.23. The summed E-state index contributed by atoms with van der Waals surface area (Å²) in [5.41, 5.74) is 2.77. The first-order valence-electron chi connectivity index (χ1n) is 5.14. The van der Waals surface area contributed by atoms with Gasteiger partial charge in [-0.2, -0.15) is 0 Å². The van der Waals surface area contributed by atoms with Crippen molar-refractivity contribution in [2.24, 2.45) is 0 Å². The molecule has 0 aliphatic carbocycles. The molecule has 1 aromatic rings. The van der Waals surface area contributed by atoms with Crippen molar-refractivity contribution in [1.29, 1.82) is 0 Å². The number of benzene rings is 1. The molecule has 1 heterocycles. The van der Waals surface area contributed by atoms with Crippen molar-refractivity contribution in [3.63, 3.8) is 0 Å². The Labute approximate surface area is 85.4 Å². The van der Waals surface area contributed by atoms with Crippen molar-refractivity contribution >= 4 is 0 Å². The Morgan fingerprint density at radius 1 is 1.43 bits per heavy atom. The topological polar surface area (TPSA) is 9.23 Å². The van der Waals surface area contributed by atoms with Gasteiger partial charge in [0.15, 0.2) is 0 Å². The van der Waals surface area contributed by atoms with Gasteiger partial charge in [-0.15, -0.1) is 6.58 Å². The van der Waals surface area contributed by atoms with Crippen LogP contribution in [0.15, 0.2) is 36.9 Å². The zero-order valence-corrected chi connectivity index (χ0v) is 8.57. The minimum atomic E-state index is 0.222. The van der Waals surface area contributed by atoms with Crippen LogP contribution in [0.3, 0.4) is 0 Å². The molecule has 0 fully saturated rings. The molecule has 0 spiro atoms. The van der Waals surface area contributed by atoms with Crippen LogP contribution in [-0.2, 0) is 4.74 Å². The maximum atomic E-state index is 5.79. The van der Waals surface area contributed by atoms with Gasteiger partial charge in [0.2, 0.25) is 0 Å². The Morgan fingerprint density at radius 2 is 2.14 bits per heavy atom. The van der Waals surface area contributed by atoms with Crippen LogP contribution >= 0.6 is 0 Å². The van der Waals surface area contributed by atoms with Crippen LogP contribution in [0.1, 0.15) is 36.5 Å². The fourth-order valence-electron chi connectivity index (χ4n) is 2.04. The van der Waals surface area contributed by atoms with Crippen molar-refractivity contribution in [3.8, 4) is 0 Å². The number of hydrogen-bond acceptors (Lipinski definition) is 1. The molecule has 0 N–H and O–H groups in total. The summed E-state index contributed by atoms with van der Waals surface area (Å²) in [6, 6.07) is 8.56. The number of hydrogen-bond donors (Lipinski definition) is 0. The lowest BCUT2D eigenvalue weighted by Crippen LogP contribution is -2.18. The molecule has 0 saturated heterocycles. The van der Waals surface area contributed by atoms with Crippen molar-refractivity contribution in [2.75, 3.05) is 6.61 Å². The molecule has 1 nitrogen and oxygen atoms in total. The van der Waals surface area contributed by atoms with E-state index >= 15 is 0 Å². The molecule has 0 saturated carbocycles. The summed E-state index contributed by atoms with van der Waals surface area (Å²) in [6.45, 7) is 6.81. The van der Waals surface area contributed by atoms with Crippen LogP contribution < -0.4 is 0 Å². The van der Waals surface area contributed by atoms with Crippen LogP contribution in [0.5, 0.6) is 0 Å². The van der Waals surface area contributed by atoms with E-state index in [9.17, 15) is 0 Å². The van der Waals surface area contributed by atoms with E-state index in [1.165, 1.54) is 11.1 Å². The van der Waals surface area contributed by atoms with Crippen LogP contribution in [0.25, 0.3) is 0 Å². The van der Waals surface area contributed by atoms with E-state index in [0.717, 1.165) is 13.0 Å². The van der Waals surface area contributed by atoms with Gasteiger partial charge in [0, 0.05) is 5.92 Å². The molecule has 0 aromatic heterocycles. The van der Waals surface area contributed by atoms with Crippen molar-refractivity contribution < 1.29 is 4.74 Å². The normalized spacial score (nSPS) is 25.5. The van der Waals surface area contributed by atoms with Crippen LogP contribution in [0, 0.1) is 0 Å². The largest absolute Gasteiger partial charge is 0.373 e. The molecule has 2 unspecified atom stereocenters. The van der Waals surface area contributed by atoms with Crippen molar-refractivity contribution in [2.45, 2.75) is 25.4 Å². The van der Waals surface area contributed by atoms with Gasteiger partial charge < -0.3 is 4.74 Å². The summed E-state index contributed by atoms with van der Waals surface area (Å²) < 4.78 is 5.79. The molecule has 1 aliphatic heterocycles. The lowest BCUT2D eigenvalue weighted by molar-refractivity contribution is 0.0326. The quantitative estimate of drug-likeness (QED) is 0.646. The summed E-state index contributed by atoms with van der Waals surface area (Å²) in [5, 5.41) is 0. The second kappa shape index (κ2) is 3.97. The van der Waals surface area contributed by atoms with Crippen molar-refractivity contribution in [1.82, 2.24) is 0 Å². The Kier molecular flexibility index (Phi) is 2.69. The number of rotatable bonds is 2. The zero-order chi connectivity index (χ0) is 9.97. The third kappa shape index (κ3) is 1.60. The summed E-state index contributed by atoms with van der Waals surface area (Å²) in [4.78, 5) is 0. The fourth-order valence-corrected chi connectivity index (χ4v) is 2.04. The van der Waals surface area contributed by atoms with Gasteiger partial charge in [0.05, 0.1) is 12.7 Å². The van der Waals surface area contributed by atoms with Gasteiger partial charge in [-0.25, -0.2) is 0 Å². The van der Waals surface area contributed by atoms with Gasteiger partial charge >= 0.3 is 0 Å². The first-order valence-corrected chi connectivity index (χ1v) is 5.14.